The summed E-state index contributed by atoms with van der Waals surface area (Å²) in [7, 11) is -3.51. The number of thiophene rings is 1. The molecule has 0 spiro atoms. The molecule has 5 nitrogen and oxygen atoms in total. The highest BCUT2D eigenvalue weighted by Crippen LogP contribution is 2.25. The molecule has 0 radical (unpaired) electrons. The molecule has 2 aromatic heterocycles. The van der Waals surface area contributed by atoms with E-state index in [9.17, 15) is 8.42 Å². The summed E-state index contributed by atoms with van der Waals surface area (Å²) >= 11 is 8.07. The predicted molar refractivity (Wildman–Crippen MR) is 68.0 cm³/mol. The molecule has 0 aliphatic rings. The second kappa shape index (κ2) is 4.99. The first-order valence-corrected chi connectivity index (χ1v) is 8.01. The zero-order chi connectivity index (χ0) is 12.5. The molecular formula is C8H8ClN3O2S3. The van der Waals surface area contributed by atoms with Gasteiger partial charge in [-0.15, -0.1) is 32.9 Å². The fourth-order valence-electron chi connectivity index (χ4n) is 1.08. The minimum Gasteiger partial charge on any atom is -0.206 e. The number of nitrogens with zero attached hydrogens (tertiary/aromatic N) is 2. The van der Waals surface area contributed by atoms with Gasteiger partial charge in [-0.1, -0.05) is 11.6 Å². The van der Waals surface area contributed by atoms with Gasteiger partial charge in [-0.05, 0) is 19.1 Å². The van der Waals surface area contributed by atoms with Crippen LogP contribution in [-0.2, 0) is 16.6 Å². The van der Waals surface area contributed by atoms with E-state index in [1.165, 1.54) is 17.4 Å². The summed E-state index contributed by atoms with van der Waals surface area (Å²) in [6.07, 6.45) is 0. The number of aromatic nitrogens is 2. The van der Waals surface area contributed by atoms with Crippen LogP contribution in [0.3, 0.4) is 0 Å². The number of hydrogen-bond acceptors (Lipinski definition) is 6. The molecule has 0 bridgehead atoms. The molecule has 0 atom stereocenters. The lowest BCUT2D eigenvalue weighted by Gasteiger charge is -2.01. The maximum absolute atomic E-state index is 11.8. The number of nitrogens with one attached hydrogen (secondary N) is 1. The normalized spacial score (nSPS) is 11.9. The zero-order valence-electron chi connectivity index (χ0n) is 8.68. The fourth-order valence-corrected chi connectivity index (χ4v) is 4.33. The van der Waals surface area contributed by atoms with E-state index in [0.29, 0.717) is 9.34 Å². The Bertz CT molecular complexity index is 620. The Hall–Kier alpha value is -0.540. The Morgan fingerprint density at radius 3 is 2.65 bits per heavy atom. The van der Waals surface area contributed by atoms with E-state index >= 15 is 0 Å². The summed E-state index contributed by atoms with van der Waals surface area (Å²) in [5.41, 5.74) is 0. The molecule has 0 saturated heterocycles. The third-order valence-corrected chi connectivity index (χ3v) is 5.76. The monoisotopic (exact) mass is 309 g/mol. The maximum atomic E-state index is 11.8. The third kappa shape index (κ3) is 3.23. The maximum Gasteiger partial charge on any atom is 0.250 e. The largest absolute Gasteiger partial charge is 0.250 e. The molecule has 0 unspecified atom stereocenters. The summed E-state index contributed by atoms with van der Waals surface area (Å²) in [6.45, 7) is 1.96. The standard InChI is InChI=1S/C8H8ClN3O2S3/c1-5-11-12-7(15-5)4-10-17(13,14)8-3-2-6(9)16-8/h2-3,10H,4H2,1H3. The van der Waals surface area contributed by atoms with Crippen molar-refractivity contribution in [1.29, 1.82) is 0 Å². The lowest BCUT2D eigenvalue weighted by molar-refractivity contribution is 0.583. The van der Waals surface area contributed by atoms with Crippen molar-refractivity contribution >= 4 is 44.3 Å². The van der Waals surface area contributed by atoms with Crippen LogP contribution >= 0.6 is 34.3 Å². The van der Waals surface area contributed by atoms with Gasteiger partial charge in [-0.3, -0.25) is 0 Å². The molecular weight excluding hydrogens is 302 g/mol. The lowest BCUT2D eigenvalue weighted by atomic mass is 10.7. The van der Waals surface area contributed by atoms with Gasteiger partial charge in [-0.25, -0.2) is 13.1 Å². The van der Waals surface area contributed by atoms with Crippen molar-refractivity contribution in [1.82, 2.24) is 14.9 Å². The third-order valence-electron chi connectivity index (χ3n) is 1.79. The second-order valence-corrected chi connectivity index (χ2v) is 8.07. The Balaban J connectivity index is 2.08. The van der Waals surface area contributed by atoms with Crippen molar-refractivity contribution in [2.75, 3.05) is 0 Å². The van der Waals surface area contributed by atoms with Crippen molar-refractivity contribution in [2.24, 2.45) is 0 Å². The van der Waals surface area contributed by atoms with Gasteiger partial charge in [0.1, 0.15) is 14.2 Å². The van der Waals surface area contributed by atoms with Gasteiger partial charge in [0.15, 0.2) is 0 Å². The van der Waals surface area contributed by atoms with Crippen molar-refractivity contribution in [3.8, 4) is 0 Å². The van der Waals surface area contributed by atoms with Gasteiger partial charge in [0.2, 0.25) is 10.0 Å². The quantitative estimate of drug-likeness (QED) is 0.938. The molecule has 0 aliphatic heterocycles. The smallest absolute Gasteiger partial charge is 0.206 e. The van der Waals surface area contributed by atoms with Gasteiger partial charge in [0, 0.05) is 0 Å². The van der Waals surface area contributed by atoms with Crippen LogP contribution in [0.5, 0.6) is 0 Å². The molecule has 9 heteroatoms. The van der Waals surface area contributed by atoms with Crippen molar-refractivity contribution in [3.05, 3.63) is 26.5 Å². The molecule has 2 rings (SSSR count). The van der Waals surface area contributed by atoms with Crippen LogP contribution in [0.1, 0.15) is 10.0 Å². The van der Waals surface area contributed by atoms with Crippen molar-refractivity contribution < 1.29 is 8.42 Å². The number of hydrogen-bond donors (Lipinski definition) is 1. The van der Waals surface area contributed by atoms with E-state index in [0.717, 1.165) is 16.3 Å². The van der Waals surface area contributed by atoms with Crippen molar-refractivity contribution in [2.45, 2.75) is 17.7 Å². The van der Waals surface area contributed by atoms with Crippen LogP contribution in [-0.4, -0.2) is 18.6 Å². The number of aryl methyl sites for hydroxylation is 1. The Morgan fingerprint density at radius 1 is 1.35 bits per heavy atom. The van der Waals surface area contributed by atoms with Gasteiger partial charge in [-0.2, -0.15) is 0 Å². The highest BCUT2D eigenvalue weighted by atomic mass is 35.5. The molecule has 0 aromatic carbocycles. The van der Waals surface area contributed by atoms with E-state index in [4.69, 9.17) is 11.6 Å². The zero-order valence-corrected chi connectivity index (χ0v) is 11.9. The lowest BCUT2D eigenvalue weighted by Crippen LogP contribution is -2.22. The van der Waals surface area contributed by atoms with E-state index in [1.807, 2.05) is 6.92 Å². The van der Waals surface area contributed by atoms with Crippen LogP contribution in [0.15, 0.2) is 16.3 Å². The second-order valence-electron chi connectivity index (χ2n) is 3.10. The van der Waals surface area contributed by atoms with Crippen LogP contribution in [0, 0.1) is 6.92 Å². The van der Waals surface area contributed by atoms with Gasteiger partial charge >= 0.3 is 0 Å². The molecule has 2 aromatic rings. The minimum absolute atomic E-state index is 0.142. The van der Waals surface area contributed by atoms with Crippen LogP contribution in [0.2, 0.25) is 4.34 Å². The topological polar surface area (TPSA) is 72.0 Å². The number of halogens is 1. The first kappa shape index (κ1) is 12.9. The SMILES string of the molecule is Cc1nnc(CNS(=O)(=O)c2ccc(Cl)s2)s1. The highest BCUT2D eigenvalue weighted by molar-refractivity contribution is 7.91. The minimum atomic E-state index is -3.51. The molecule has 1 N–H and O–H groups in total. The van der Waals surface area contributed by atoms with Gasteiger partial charge < -0.3 is 0 Å². The average Bonchev–Trinajstić information content (AvgIpc) is 2.85. The molecule has 0 aliphatic carbocycles. The molecule has 0 fully saturated rings. The Kier molecular flexibility index (Phi) is 3.79. The summed E-state index contributed by atoms with van der Waals surface area (Å²) in [5.74, 6) is 0. The Labute approximate surface area is 112 Å². The number of sulfonamides is 1. The fraction of sp³-hybridized carbons (Fsp3) is 0.250. The van der Waals surface area contributed by atoms with Crippen LogP contribution in [0.25, 0.3) is 0 Å². The first-order chi connectivity index (χ1) is 7.97. The molecule has 2 heterocycles. The summed E-state index contributed by atoms with van der Waals surface area (Å²) in [6, 6.07) is 3.02. The molecule has 0 amide bonds. The van der Waals surface area contributed by atoms with E-state index in [-0.39, 0.29) is 10.8 Å². The van der Waals surface area contributed by atoms with Gasteiger partial charge in [0.25, 0.3) is 0 Å². The summed E-state index contributed by atoms with van der Waals surface area (Å²) in [5, 5.41) is 9.08. The summed E-state index contributed by atoms with van der Waals surface area (Å²) in [4.78, 5) is 0. The van der Waals surface area contributed by atoms with Crippen LogP contribution in [0.4, 0.5) is 0 Å². The molecule has 0 saturated carbocycles. The van der Waals surface area contributed by atoms with Gasteiger partial charge in [0.05, 0.1) is 10.9 Å². The highest BCUT2D eigenvalue weighted by Gasteiger charge is 2.16. The Morgan fingerprint density at radius 2 is 2.12 bits per heavy atom. The molecule has 17 heavy (non-hydrogen) atoms. The van der Waals surface area contributed by atoms with E-state index in [2.05, 4.69) is 14.9 Å². The average molecular weight is 310 g/mol. The predicted octanol–water partition coefficient (Wildman–Crippen LogP) is 2.04. The molecule has 92 valence electrons. The van der Waals surface area contributed by atoms with E-state index in [1.54, 1.807) is 6.07 Å². The van der Waals surface area contributed by atoms with E-state index < -0.39 is 10.0 Å². The number of rotatable bonds is 4. The first-order valence-electron chi connectivity index (χ1n) is 4.51. The summed E-state index contributed by atoms with van der Waals surface area (Å²) < 4.78 is 26.7. The van der Waals surface area contributed by atoms with Crippen molar-refractivity contribution in [3.63, 3.8) is 0 Å². The van der Waals surface area contributed by atoms with Crippen LogP contribution < -0.4 is 4.72 Å².